The van der Waals surface area contributed by atoms with Crippen molar-refractivity contribution in [3.8, 4) is 5.75 Å². The van der Waals surface area contributed by atoms with Crippen molar-refractivity contribution in [2.24, 2.45) is 0 Å². The number of hydrogen-bond donors (Lipinski definition) is 0. The van der Waals surface area contributed by atoms with Gasteiger partial charge in [0.1, 0.15) is 0 Å². The van der Waals surface area contributed by atoms with Gasteiger partial charge in [0.15, 0.2) is 11.6 Å². The summed E-state index contributed by atoms with van der Waals surface area (Å²) in [7, 11) is 1.62. The highest BCUT2D eigenvalue weighted by Crippen LogP contribution is 2.19. The number of hydrogen-bond acceptors (Lipinski definition) is 4. The van der Waals surface area contributed by atoms with Gasteiger partial charge in [-0.2, -0.15) is 0 Å². The number of benzene rings is 1. The van der Waals surface area contributed by atoms with Crippen molar-refractivity contribution in [1.82, 2.24) is 0 Å². The molecule has 0 N–H and O–H groups in total. The fourth-order valence-corrected chi connectivity index (χ4v) is 1.67. The number of halogens is 1. The summed E-state index contributed by atoms with van der Waals surface area (Å²) >= 11 is 0. The van der Waals surface area contributed by atoms with E-state index < -0.39 is 11.8 Å². The van der Waals surface area contributed by atoms with Gasteiger partial charge in [-0.25, -0.2) is 9.18 Å². The average Bonchev–Trinajstić information content (AvgIpc) is 2.48. The van der Waals surface area contributed by atoms with Crippen LogP contribution in [0.2, 0.25) is 0 Å². The molecule has 118 valence electrons. The summed E-state index contributed by atoms with van der Waals surface area (Å²) in [5, 5.41) is 0. The van der Waals surface area contributed by atoms with Gasteiger partial charge < -0.3 is 14.2 Å². The molecule has 0 amide bonds. The molecule has 0 atom stereocenters. The predicted molar refractivity (Wildman–Crippen MR) is 78.2 cm³/mol. The smallest absolute Gasteiger partial charge is 0.338 e. The minimum absolute atomic E-state index is 0.167. The van der Waals surface area contributed by atoms with Gasteiger partial charge in [0.2, 0.25) is 0 Å². The zero-order valence-corrected chi connectivity index (χ0v) is 12.7. The summed E-state index contributed by atoms with van der Waals surface area (Å²) in [5.74, 6) is -0.897. The summed E-state index contributed by atoms with van der Waals surface area (Å²) in [4.78, 5) is 11.7. The second-order valence-electron chi connectivity index (χ2n) is 4.68. The minimum Gasteiger partial charge on any atom is -0.491 e. The molecule has 1 rings (SSSR count). The Morgan fingerprint density at radius 3 is 2.57 bits per heavy atom. The van der Waals surface area contributed by atoms with E-state index in [-0.39, 0.29) is 11.3 Å². The van der Waals surface area contributed by atoms with Crippen LogP contribution in [-0.4, -0.2) is 32.9 Å². The molecule has 4 nitrogen and oxygen atoms in total. The van der Waals surface area contributed by atoms with Crippen LogP contribution in [0.25, 0.3) is 0 Å². The van der Waals surface area contributed by atoms with Gasteiger partial charge in [-0.3, -0.25) is 0 Å². The maximum Gasteiger partial charge on any atom is 0.338 e. The maximum atomic E-state index is 13.8. The molecule has 5 heteroatoms. The molecular formula is C16H23FO4. The van der Waals surface area contributed by atoms with E-state index in [1.807, 2.05) is 6.92 Å². The summed E-state index contributed by atoms with van der Waals surface area (Å²) < 4.78 is 29.0. The maximum absolute atomic E-state index is 13.8. The van der Waals surface area contributed by atoms with E-state index in [0.717, 1.165) is 31.7 Å². The molecular weight excluding hydrogens is 275 g/mol. The Bertz CT molecular complexity index is 434. The molecule has 0 aromatic heterocycles. The van der Waals surface area contributed by atoms with E-state index in [1.54, 1.807) is 7.11 Å². The molecule has 1 aromatic rings. The van der Waals surface area contributed by atoms with Crippen molar-refractivity contribution in [1.29, 1.82) is 0 Å². The topological polar surface area (TPSA) is 44.8 Å². The number of methoxy groups -OCH3 is 1. The third-order valence-corrected chi connectivity index (χ3v) is 2.90. The number of unbranched alkanes of at least 4 members (excludes halogenated alkanes) is 2. The summed E-state index contributed by atoms with van der Waals surface area (Å²) in [6, 6.07) is 4.13. The lowest BCUT2D eigenvalue weighted by Gasteiger charge is -2.08. The van der Waals surface area contributed by atoms with Crippen molar-refractivity contribution >= 4 is 5.97 Å². The molecule has 0 bridgehead atoms. The molecule has 21 heavy (non-hydrogen) atoms. The molecule has 0 radical (unpaired) electrons. The van der Waals surface area contributed by atoms with Crippen LogP contribution in [0.15, 0.2) is 18.2 Å². The summed E-state index contributed by atoms with van der Waals surface area (Å²) in [6.07, 6.45) is 3.39. The lowest BCUT2D eigenvalue weighted by atomic mass is 10.2. The lowest BCUT2D eigenvalue weighted by Crippen LogP contribution is -2.08. The van der Waals surface area contributed by atoms with E-state index in [2.05, 4.69) is 0 Å². The zero-order chi connectivity index (χ0) is 15.5. The van der Waals surface area contributed by atoms with E-state index in [1.165, 1.54) is 12.1 Å². The van der Waals surface area contributed by atoms with Gasteiger partial charge in [0, 0.05) is 13.7 Å². The van der Waals surface area contributed by atoms with Crippen LogP contribution in [-0.2, 0) is 9.47 Å². The van der Waals surface area contributed by atoms with E-state index in [4.69, 9.17) is 14.2 Å². The van der Waals surface area contributed by atoms with Gasteiger partial charge in [-0.1, -0.05) is 13.3 Å². The monoisotopic (exact) mass is 298 g/mol. The Morgan fingerprint density at radius 2 is 1.90 bits per heavy atom. The van der Waals surface area contributed by atoms with Crippen LogP contribution >= 0.6 is 0 Å². The van der Waals surface area contributed by atoms with Crippen molar-refractivity contribution < 1.29 is 23.4 Å². The van der Waals surface area contributed by atoms with Gasteiger partial charge in [-0.05, 0) is 37.5 Å². The Balaban J connectivity index is 2.44. The highest BCUT2D eigenvalue weighted by atomic mass is 19.1. The predicted octanol–water partition coefficient (Wildman–Crippen LogP) is 3.59. The quantitative estimate of drug-likeness (QED) is 0.489. The van der Waals surface area contributed by atoms with Crippen LogP contribution in [0, 0.1) is 5.82 Å². The van der Waals surface area contributed by atoms with Gasteiger partial charge in [-0.15, -0.1) is 0 Å². The van der Waals surface area contributed by atoms with E-state index >= 15 is 0 Å². The molecule has 0 aliphatic heterocycles. The Hall–Kier alpha value is -1.62. The fourth-order valence-electron chi connectivity index (χ4n) is 1.67. The Labute approximate surface area is 125 Å². The second-order valence-corrected chi connectivity index (χ2v) is 4.68. The molecule has 0 saturated heterocycles. The molecule has 0 unspecified atom stereocenters. The van der Waals surface area contributed by atoms with Crippen LogP contribution in [0.3, 0.4) is 0 Å². The van der Waals surface area contributed by atoms with Gasteiger partial charge >= 0.3 is 5.97 Å². The van der Waals surface area contributed by atoms with Gasteiger partial charge in [0.25, 0.3) is 0 Å². The lowest BCUT2D eigenvalue weighted by molar-refractivity contribution is 0.0488. The molecule has 0 heterocycles. The largest absolute Gasteiger partial charge is 0.491 e. The third-order valence-electron chi connectivity index (χ3n) is 2.90. The normalized spacial score (nSPS) is 10.4. The standard InChI is InChI=1S/C16H23FO4/c1-3-4-10-20-15-8-7-13(12-14(15)17)16(18)21-11-6-5-9-19-2/h7-8,12H,3-6,9-11H2,1-2H3. The van der Waals surface area contributed by atoms with Crippen molar-refractivity contribution in [3.63, 3.8) is 0 Å². The van der Waals surface area contributed by atoms with E-state index in [0.29, 0.717) is 19.8 Å². The molecule has 0 aliphatic carbocycles. The fraction of sp³-hybridized carbons (Fsp3) is 0.562. The number of carbonyl (C=O) groups is 1. The highest BCUT2D eigenvalue weighted by molar-refractivity contribution is 5.89. The third kappa shape index (κ3) is 6.58. The second kappa shape index (κ2) is 10.2. The first kappa shape index (κ1) is 17.4. The van der Waals surface area contributed by atoms with Crippen molar-refractivity contribution in [2.45, 2.75) is 32.6 Å². The SMILES string of the molecule is CCCCOc1ccc(C(=O)OCCCCOC)cc1F. The molecule has 1 aromatic carbocycles. The van der Waals surface area contributed by atoms with Crippen molar-refractivity contribution in [2.75, 3.05) is 26.9 Å². The molecule has 0 fully saturated rings. The Kier molecular flexibility index (Phi) is 8.43. The average molecular weight is 298 g/mol. The van der Waals surface area contributed by atoms with Crippen LogP contribution in [0.1, 0.15) is 43.0 Å². The first-order valence-electron chi connectivity index (χ1n) is 7.27. The highest BCUT2D eigenvalue weighted by Gasteiger charge is 2.11. The number of rotatable bonds is 10. The first-order valence-corrected chi connectivity index (χ1v) is 7.27. The summed E-state index contributed by atoms with van der Waals surface area (Å²) in [6.45, 7) is 3.44. The Morgan fingerprint density at radius 1 is 1.14 bits per heavy atom. The number of carbonyl (C=O) groups excluding carboxylic acids is 1. The number of ether oxygens (including phenoxy) is 3. The zero-order valence-electron chi connectivity index (χ0n) is 12.7. The van der Waals surface area contributed by atoms with Crippen LogP contribution in [0.5, 0.6) is 5.75 Å². The van der Waals surface area contributed by atoms with Crippen LogP contribution < -0.4 is 4.74 Å². The molecule has 0 aliphatic rings. The molecule has 0 spiro atoms. The molecule has 0 saturated carbocycles. The number of esters is 1. The van der Waals surface area contributed by atoms with Crippen LogP contribution in [0.4, 0.5) is 4.39 Å². The minimum atomic E-state index is -0.542. The summed E-state index contributed by atoms with van der Waals surface area (Å²) in [5.41, 5.74) is 0.196. The first-order chi connectivity index (χ1) is 10.2. The van der Waals surface area contributed by atoms with Gasteiger partial charge in [0.05, 0.1) is 18.8 Å². The van der Waals surface area contributed by atoms with Crippen molar-refractivity contribution in [3.05, 3.63) is 29.6 Å². The van der Waals surface area contributed by atoms with E-state index in [9.17, 15) is 9.18 Å².